The third-order valence-corrected chi connectivity index (χ3v) is 4.23. The van der Waals surface area contributed by atoms with Crippen LogP contribution in [0.25, 0.3) is 0 Å². The summed E-state index contributed by atoms with van der Waals surface area (Å²) in [5.41, 5.74) is 0. The van der Waals surface area contributed by atoms with Crippen molar-refractivity contribution < 1.29 is 13.2 Å². The van der Waals surface area contributed by atoms with Gasteiger partial charge in [0.15, 0.2) is 0 Å². The van der Waals surface area contributed by atoms with Gasteiger partial charge in [-0.15, -0.1) is 0 Å². The molecule has 1 fully saturated rings. The molecule has 0 saturated carbocycles. The van der Waals surface area contributed by atoms with Crippen molar-refractivity contribution in [1.82, 2.24) is 9.97 Å². The highest BCUT2D eigenvalue weighted by Gasteiger charge is 2.41. The van der Waals surface area contributed by atoms with Gasteiger partial charge in [0, 0.05) is 13.1 Å². The molecule has 0 bridgehead atoms. The largest absolute Gasteiger partial charge is 0.391 e. The molecular formula is C10H10BrClF3N3. The standard InChI is InChI=1S/C10H10BrClF3N3/c11-7-8(12)16-5-17-9(7)18-3-1-6(2-4-18)10(13,14)15/h5-6H,1-4H2. The molecule has 8 heteroatoms. The molecule has 1 aliphatic rings. The summed E-state index contributed by atoms with van der Waals surface area (Å²) < 4.78 is 38.1. The molecule has 2 rings (SSSR count). The first-order valence-electron chi connectivity index (χ1n) is 5.37. The van der Waals surface area contributed by atoms with Crippen molar-refractivity contribution in [2.45, 2.75) is 19.0 Å². The number of hydrogen-bond donors (Lipinski definition) is 0. The highest BCUT2D eigenvalue weighted by molar-refractivity contribution is 9.10. The second-order valence-corrected chi connectivity index (χ2v) is 5.26. The number of alkyl halides is 3. The lowest BCUT2D eigenvalue weighted by molar-refractivity contribution is -0.179. The molecule has 1 aromatic heterocycles. The Morgan fingerprint density at radius 3 is 2.44 bits per heavy atom. The molecule has 1 aromatic rings. The lowest BCUT2D eigenvalue weighted by Crippen LogP contribution is -2.39. The Balaban J connectivity index is 2.08. The summed E-state index contributed by atoms with van der Waals surface area (Å²) in [7, 11) is 0. The van der Waals surface area contributed by atoms with Crippen molar-refractivity contribution in [1.29, 1.82) is 0 Å². The summed E-state index contributed by atoms with van der Waals surface area (Å²) in [5.74, 6) is -0.666. The Kier molecular flexibility index (Phi) is 4.01. The van der Waals surface area contributed by atoms with E-state index in [2.05, 4.69) is 25.9 Å². The van der Waals surface area contributed by atoms with Gasteiger partial charge >= 0.3 is 6.18 Å². The number of hydrogen-bond acceptors (Lipinski definition) is 3. The number of nitrogens with zero attached hydrogens (tertiary/aromatic N) is 3. The van der Waals surface area contributed by atoms with Gasteiger partial charge in [-0.2, -0.15) is 13.2 Å². The third kappa shape index (κ3) is 2.88. The van der Waals surface area contributed by atoms with Crippen LogP contribution in [0.4, 0.5) is 19.0 Å². The van der Waals surface area contributed by atoms with E-state index in [1.807, 2.05) is 0 Å². The maximum Gasteiger partial charge on any atom is 0.391 e. The first kappa shape index (κ1) is 13.9. The van der Waals surface area contributed by atoms with Gasteiger partial charge < -0.3 is 4.90 Å². The molecule has 0 aliphatic carbocycles. The Morgan fingerprint density at radius 1 is 1.28 bits per heavy atom. The summed E-state index contributed by atoms with van der Waals surface area (Å²) in [6.07, 6.45) is -2.64. The van der Waals surface area contributed by atoms with E-state index in [0.717, 1.165) is 0 Å². The molecule has 0 unspecified atom stereocenters. The summed E-state index contributed by atoms with van der Waals surface area (Å²) in [6.45, 7) is 0.631. The Bertz CT molecular complexity index is 433. The van der Waals surface area contributed by atoms with E-state index < -0.39 is 12.1 Å². The zero-order valence-electron chi connectivity index (χ0n) is 9.21. The van der Waals surface area contributed by atoms with Crippen molar-refractivity contribution in [2.24, 2.45) is 5.92 Å². The molecule has 0 spiro atoms. The van der Waals surface area contributed by atoms with Crippen LogP contribution in [0.5, 0.6) is 0 Å². The molecule has 2 heterocycles. The number of rotatable bonds is 1. The van der Waals surface area contributed by atoms with Gasteiger partial charge in [0.05, 0.1) is 10.4 Å². The van der Waals surface area contributed by atoms with Gasteiger partial charge in [-0.1, -0.05) is 11.6 Å². The Hall–Kier alpha value is -0.560. The average molecular weight is 345 g/mol. The molecule has 0 N–H and O–H groups in total. The minimum absolute atomic E-state index is 0.0809. The lowest BCUT2D eigenvalue weighted by atomic mass is 9.96. The maximum absolute atomic E-state index is 12.5. The van der Waals surface area contributed by atoms with Crippen molar-refractivity contribution in [3.63, 3.8) is 0 Å². The van der Waals surface area contributed by atoms with Crippen LogP contribution < -0.4 is 4.90 Å². The second kappa shape index (κ2) is 5.21. The van der Waals surface area contributed by atoms with E-state index in [0.29, 0.717) is 23.4 Å². The predicted molar refractivity (Wildman–Crippen MR) is 65.7 cm³/mol. The first-order chi connectivity index (χ1) is 8.39. The Labute approximate surface area is 115 Å². The molecule has 100 valence electrons. The van der Waals surface area contributed by atoms with Gasteiger partial charge in [0.2, 0.25) is 0 Å². The van der Waals surface area contributed by atoms with Crippen molar-refractivity contribution in [3.8, 4) is 0 Å². The highest BCUT2D eigenvalue weighted by atomic mass is 79.9. The van der Waals surface area contributed by atoms with Crippen molar-refractivity contribution in [3.05, 3.63) is 16.0 Å². The fraction of sp³-hybridized carbons (Fsp3) is 0.600. The van der Waals surface area contributed by atoms with Crippen molar-refractivity contribution >= 4 is 33.3 Å². The number of piperidine rings is 1. The van der Waals surface area contributed by atoms with E-state index in [4.69, 9.17) is 11.6 Å². The zero-order valence-corrected chi connectivity index (χ0v) is 11.6. The van der Waals surface area contributed by atoms with Crippen LogP contribution in [0.2, 0.25) is 5.15 Å². The van der Waals surface area contributed by atoms with E-state index in [1.165, 1.54) is 6.33 Å². The third-order valence-electron chi connectivity index (χ3n) is 2.99. The minimum Gasteiger partial charge on any atom is -0.356 e. The molecular weight excluding hydrogens is 334 g/mol. The molecule has 1 saturated heterocycles. The first-order valence-corrected chi connectivity index (χ1v) is 6.54. The van der Waals surface area contributed by atoms with Crippen LogP contribution in [0.1, 0.15) is 12.8 Å². The fourth-order valence-corrected chi connectivity index (χ4v) is 2.56. The van der Waals surface area contributed by atoms with E-state index in [-0.39, 0.29) is 18.0 Å². The average Bonchev–Trinajstić information content (AvgIpc) is 2.32. The topological polar surface area (TPSA) is 29.0 Å². The van der Waals surface area contributed by atoms with Crippen molar-refractivity contribution in [2.75, 3.05) is 18.0 Å². The number of anilines is 1. The fourth-order valence-electron chi connectivity index (χ4n) is 1.98. The molecule has 3 nitrogen and oxygen atoms in total. The molecule has 18 heavy (non-hydrogen) atoms. The predicted octanol–water partition coefficient (Wildman–Crippen LogP) is 3.67. The van der Waals surface area contributed by atoms with Gasteiger partial charge in [-0.3, -0.25) is 0 Å². The maximum atomic E-state index is 12.5. The van der Waals surface area contributed by atoms with E-state index in [9.17, 15) is 13.2 Å². The number of aromatic nitrogens is 2. The highest BCUT2D eigenvalue weighted by Crippen LogP contribution is 2.37. The SMILES string of the molecule is FC(F)(F)C1CCN(c2ncnc(Cl)c2Br)CC1. The molecule has 0 atom stereocenters. The second-order valence-electron chi connectivity index (χ2n) is 4.11. The Morgan fingerprint density at radius 2 is 1.89 bits per heavy atom. The van der Waals surface area contributed by atoms with Crippen LogP contribution in [0.15, 0.2) is 10.8 Å². The summed E-state index contributed by atoms with van der Waals surface area (Å²) in [4.78, 5) is 9.63. The van der Waals surface area contributed by atoms with Crippen LogP contribution in [0, 0.1) is 5.92 Å². The van der Waals surface area contributed by atoms with Crippen LogP contribution >= 0.6 is 27.5 Å². The van der Waals surface area contributed by atoms with Gasteiger partial charge in [-0.25, -0.2) is 9.97 Å². The van der Waals surface area contributed by atoms with Crippen LogP contribution in [-0.2, 0) is 0 Å². The molecule has 0 radical (unpaired) electrons. The van der Waals surface area contributed by atoms with Gasteiger partial charge in [0.1, 0.15) is 17.3 Å². The molecule has 0 aromatic carbocycles. The van der Waals surface area contributed by atoms with Crippen LogP contribution in [0.3, 0.4) is 0 Å². The summed E-state index contributed by atoms with van der Waals surface area (Å²) >= 11 is 9.08. The zero-order chi connectivity index (χ0) is 13.3. The minimum atomic E-state index is -4.10. The van der Waals surface area contributed by atoms with E-state index >= 15 is 0 Å². The van der Waals surface area contributed by atoms with Gasteiger partial charge in [0.25, 0.3) is 0 Å². The normalized spacial score (nSPS) is 18.2. The van der Waals surface area contributed by atoms with E-state index in [1.54, 1.807) is 4.90 Å². The molecule has 1 aliphatic heterocycles. The van der Waals surface area contributed by atoms with Gasteiger partial charge in [-0.05, 0) is 28.8 Å². The smallest absolute Gasteiger partial charge is 0.356 e. The quantitative estimate of drug-likeness (QED) is 0.728. The molecule has 0 amide bonds. The summed E-state index contributed by atoms with van der Waals surface area (Å²) in [6, 6.07) is 0. The summed E-state index contributed by atoms with van der Waals surface area (Å²) in [5, 5.41) is 0.262. The monoisotopic (exact) mass is 343 g/mol. The van der Waals surface area contributed by atoms with Crippen LogP contribution in [-0.4, -0.2) is 29.2 Å². The lowest BCUT2D eigenvalue weighted by Gasteiger charge is -2.34. The number of halogens is 5.